The van der Waals surface area contributed by atoms with Gasteiger partial charge in [0.15, 0.2) is 0 Å². The highest BCUT2D eigenvalue weighted by Gasteiger charge is 2.25. The van der Waals surface area contributed by atoms with Gasteiger partial charge >= 0.3 is 0 Å². The van der Waals surface area contributed by atoms with E-state index in [2.05, 4.69) is 287 Å². The Bertz CT molecular complexity index is 4630. The molecule has 0 amide bonds. The van der Waals surface area contributed by atoms with E-state index in [4.69, 9.17) is 0 Å². The van der Waals surface area contributed by atoms with Crippen LogP contribution in [0.2, 0.25) is 0 Å². The monoisotopic (exact) mass is 991 g/mol. The zero-order valence-electron chi connectivity index (χ0n) is 40.6. The van der Waals surface area contributed by atoms with Gasteiger partial charge < -0.3 is 14.4 Å². The summed E-state index contributed by atoms with van der Waals surface area (Å²) in [5.41, 5.74) is 14.7. The number of nitrogens with zero attached hydrogens (tertiary/aromatic N) is 3. The zero-order valence-corrected chi connectivity index (χ0v) is 42.3. The molecule has 0 aliphatic rings. The maximum Gasteiger partial charge on any atom is 0.0562 e. The van der Waals surface area contributed by atoms with Gasteiger partial charge in [-0.1, -0.05) is 170 Å². The Kier molecular flexibility index (Phi) is 10.3. The number of benzene rings is 12. The lowest BCUT2D eigenvalue weighted by Gasteiger charge is -2.29. The van der Waals surface area contributed by atoms with Gasteiger partial charge in [-0.15, -0.1) is 22.7 Å². The molecular formula is C70H45N3S2. The molecular weight excluding hydrogens is 947 g/mol. The van der Waals surface area contributed by atoms with E-state index >= 15 is 0 Å². The number of aromatic nitrogens is 1. The summed E-state index contributed by atoms with van der Waals surface area (Å²) < 4.78 is 7.73. The van der Waals surface area contributed by atoms with Gasteiger partial charge in [0.1, 0.15) is 0 Å². The second-order valence-corrected chi connectivity index (χ2v) is 21.4. The lowest BCUT2D eigenvalue weighted by atomic mass is 9.96. The van der Waals surface area contributed by atoms with Crippen LogP contribution in [0.1, 0.15) is 0 Å². The maximum absolute atomic E-state index is 2.51. The minimum absolute atomic E-state index is 1.07. The molecule has 0 N–H and O–H groups in total. The normalized spacial score (nSPS) is 11.7. The third kappa shape index (κ3) is 7.23. The van der Waals surface area contributed by atoms with Crippen molar-refractivity contribution in [3.05, 3.63) is 273 Å². The van der Waals surface area contributed by atoms with Gasteiger partial charge in [0.25, 0.3) is 0 Å². The van der Waals surface area contributed by atoms with Crippen LogP contribution >= 0.6 is 22.7 Å². The fourth-order valence-electron chi connectivity index (χ4n) is 11.6. The number of thiophene rings is 2. The molecule has 0 saturated carbocycles. The molecule has 0 bridgehead atoms. The maximum atomic E-state index is 2.51. The lowest BCUT2D eigenvalue weighted by Crippen LogP contribution is -2.12. The summed E-state index contributed by atoms with van der Waals surface area (Å²) in [6, 6.07) is 100. The van der Waals surface area contributed by atoms with Crippen molar-refractivity contribution in [3.8, 4) is 27.9 Å². The molecule has 0 fully saturated rings. The third-order valence-corrected chi connectivity index (χ3v) is 17.2. The van der Waals surface area contributed by atoms with Crippen LogP contribution in [0.5, 0.6) is 0 Å². The topological polar surface area (TPSA) is 11.4 Å². The number of para-hydroxylation sites is 4. The summed E-state index contributed by atoms with van der Waals surface area (Å²) in [4.78, 5) is 4.80. The predicted molar refractivity (Wildman–Crippen MR) is 324 cm³/mol. The Hall–Kier alpha value is -9.26. The van der Waals surface area contributed by atoms with Crippen LogP contribution in [-0.2, 0) is 0 Å². The number of hydrogen-bond acceptors (Lipinski definition) is 4. The molecule has 15 rings (SSSR count). The predicted octanol–water partition coefficient (Wildman–Crippen LogP) is 20.9. The van der Waals surface area contributed by atoms with E-state index in [1.54, 1.807) is 0 Å². The quantitative estimate of drug-likeness (QED) is 0.143. The molecule has 3 aromatic heterocycles. The largest absolute Gasteiger partial charge is 0.310 e. The zero-order chi connectivity index (χ0) is 49.4. The van der Waals surface area contributed by atoms with Crippen LogP contribution in [0.15, 0.2) is 273 Å². The number of anilines is 6. The first-order chi connectivity index (χ1) is 37.2. The Morgan fingerprint density at radius 2 is 0.880 bits per heavy atom. The van der Waals surface area contributed by atoms with E-state index in [-0.39, 0.29) is 0 Å². The first-order valence-electron chi connectivity index (χ1n) is 25.5. The number of fused-ring (bicyclic) bond motifs is 11. The molecule has 0 aliphatic heterocycles. The van der Waals surface area contributed by atoms with E-state index in [1.807, 2.05) is 22.7 Å². The van der Waals surface area contributed by atoms with Crippen LogP contribution in [0.3, 0.4) is 0 Å². The lowest BCUT2D eigenvalue weighted by molar-refractivity contribution is 1.18. The van der Waals surface area contributed by atoms with E-state index < -0.39 is 0 Å². The SMILES string of the molecule is c1ccc(N(c2ccccc2)c2ccccc2-c2cccc(N(c3ccc4ccccc4c3)c3ccc4c5c6sc7ccccc7c6c(-c6ccc7c(c6)sc6ccccc67)cc5n(-c5ccccc5)c4c3)c2)cc1. The van der Waals surface area contributed by atoms with Crippen molar-refractivity contribution in [3.63, 3.8) is 0 Å². The van der Waals surface area contributed by atoms with Crippen molar-refractivity contribution in [1.29, 1.82) is 0 Å². The second kappa shape index (κ2) is 17.7. The van der Waals surface area contributed by atoms with Crippen LogP contribution in [-0.4, -0.2) is 4.57 Å². The number of rotatable bonds is 9. The van der Waals surface area contributed by atoms with Gasteiger partial charge in [-0.3, -0.25) is 0 Å². The average Bonchev–Trinajstić information content (AvgIpc) is 4.23. The van der Waals surface area contributed by atoms with Gasteiger partial charge in [0, 0.05) is 90.8 Å². The Labute approximate surface area is 442 Å². The molecule has 15 aromatic rings. The first-order valence-corrected chi connectivity index (χ1v) is 27.1. The van der Waals surface area contributed by atoms with Crippen LogP contribution in [0.4, 0.5) is 34.1 Å². The van der Waals surface area contributed by atoms with E-state index in [0.717, 1.165) is 56.5 Å². The fourth-order valence-corrected chi connectivity index (χ4v) is 14.0. The summed E-state index contributed by atoms with van der Waals surface area (Å²) in [5, 5.41) is 10.1. The minimum Gasteiger partial charge on any atom is -0.310 e. The second-order valence-electron chi connectivity index (χ2n) is 19.2. The summed E-state index contributed by atoms with van der Waals surface area (Å²) >= 11 is 3.79. The summed E-state index contributed by atoms with van der Waals surface area (Å²) in [5.74, 6) is 0. The smallest absolute Gasteiger partial charge is 0.0562 e. The van der Waals surface area contributed by atoms with E-state index in [1.165, 1.54) is 78.5 Å². The van der Waals surface area contributed by atoms with E-state index in [9.17, 15) is 0 Å². The molecule has 0 radical (unpaired) electrons. The molecule has 0 spiro atoms. The van der Waals surface area contributed by atoms with Crippen LogP contribution in [0, 0.1) is 0 Å². The van der Waals surface area contributed by atoms with E-state index in [0.29, 0.717) is 0 Å². The molecule has 3 heterocycles. The molecule has 75 heavy (non-hydrogen) atoms. The average molecular weight is 992 g/mol. The van der Waals surface area contributed by atoms with Gasteiger partial charge in [-0.2, -0.15) is 0 Å². The van der Waals surface area contributed by atoms with Crippen molar-refractivity contribution in [2.75, 3.05) is 9.80 Å². The minimum atomic E-state index is 1.07. The molecule has 0 atom stereocenters. The molecule has 0 saturated heterocycles. The van der Waals surface area contributed by atoms with Gasteiger partial charge in [-0.05, 0) is 131 Å². The van der Waals surface area contributed by atoms with Crippen LogP contribution < -0.4 is 9.80 Å². The van der Waals surface area contributed by atoms with Crippen molar-refractivity contribution in [2.45, 2.75) is 0 Å². The molecule has 352 valence electrons. The standard InChI is InChI=1S/C70H45N3S2/c1-4-22-50(23-5-1)72(51-24-6-2-7-25-51)62-32-15-12-29-56(62)48-21-18-28-53(42-48)71(54-37-35-46-19-10-11-20-47(46)41-54)55-38-40-59-63(44-55)73(52-26-8-3-9-27-52)64-45-61(68-60-31-14-17-34-66(60)75-70(68)69(59)64)49-36-39-58-57-30-13-16-33-65(57)74-67(58)43-49/h1-45H. The third-order valence-electron chi connectivity index (χ3n) is 14.9. The Balaban J connectivity index is 0.969. The van der Waals surface area contributed by atoms with Crippen LogP contribution in [0.25, 0.3) is 101 Å². The fraction of sp³-hybridized carbons (Fsp3) is 0. The van der Waals surface area contributed by atoms with Gasteiger partial charge in [0.2, 0.25) is 0 Å². The van der Waals surface area contributed by atoms with Crippen molar-refractivity contribution < 1.29 is 0 Å². The van der Waals surface area contributed by atoms with Crippen molar-refractivity contribution in [2.24, 2.45) is 0 Å². The van der Waals surface area contributed by atoms with Crippen molar-refractivity contribution >= 4 is 130 Å². The first kappa shape index (κ1) is 43.3. The summed E-state index contributed by atoms with van der Waals surface area (Å²) in [6.45, 7) is 0. The molecule has 5 heteroatoms. The molecule has 0 unspecified atom stereocenters. The summed E-state index contributed by atoms with van der Waals surface area (Å²) in [6.07, 6.45) is 0. The molecule has 3 nitrogen and oxygen atoms in total. The Morgan fingerprint density at radius 3 is 1.68 bits per heavy atom. The highest BCUT2D eigenvalue weighted by molar-refractivity contribution is 7.27. The van der Waals surface area contributed by atoms with Gasteiger partial charge in [-0.25, -0.2) is 0 Å². The highest BCUT2D eigenvalue weighted by Crippen LogP contribution is 2.50. The van der Waals surface area contributed by atoms with Crippen molar-refractivity contribution in [1.82, 2.24) is 4.57 Å². The highest BCUT2D eigenvalue weighted by atomic mass is 32.1. The van der Waals surface area contributed by atoms with Gasteiger partial charge in [0.05, 0.1) is 16.7 Å². The Morgan fingerprint density at radius 1 is 0.293 bits per heavy atom. The summed E-state index contributed by atoms with van der Waals surface area (Å²) in [7, 11) is 0. The molecule has 0 aliphatic carbocycles. The number of hydrogen-bond donors (Lipinski definition) is 0. The molecule has 12 aromatic carbocycles.